The molecule has 2 heterocycles. The Kier molecular flexibility index (Phi) is 10.5. The second-order valence-corrected chi connectivity index (χ2v) is 12.8. The summed E-state index contributed by atoms with van der Waals surface area (Å²) < 4.78 is 12.4. The van der Waals surface area contributed by atoms with E-state index in [4.69, 9.17) is 21.1 Å². The van der Waals surface area contributed by atoms with Gasteiger partial charge in [0.1, 0.15) is 5.75 Å². The summed E-state index contributed by atoms with van der Waals surface area (Å²) in [6.07, 6.45) is 10.7. The Morgan fingerprint density at radius 3 is 2.76 bits per heavy atom. The zero-order chi connectivity index (χ0) is 29.6. The summed E-state index contributed by atoms with van der Waals surface area (Å²) in [5.74, 6) is 1.75. The quantitative estimate of drug-likeness (QED) is 0.380. The maximum absolute atomic E-state index is 13.1. The summed E-state index contributed by atoms with van der Waals surface area (Å²) in [6.45, 7) is 5.14. The molecule has 2 aromatic rings. The normalized spacial score (nSPS) is 27.7. The number of unbranched alkanes of at least 4 members (excludes halogenated alkanes) is 1. The van der Waals surface area contributed by atoms with Gasteiger partial charge >= 0.3 is 0 Å². The first-order valence-corrected chi connectivity index (χ1v) is 16.2. The number of carbonyl (C=O) groups excluding carboxylic acids is 1. The van der Waals surface area contributed by atoms with Gasteiger partial charge in [-0.2, -0.15) is 0 Å². The van der Waals surface area contributed by atoms with Crippen molar-refractivity contribution >= 4 is 23.2 Å². The maximum atomic E-state index is 13.1. The van der Waals surface area contributed by atoms with E-state index in [1.165, 1.54) is 11.1 Å². The fourth-order valence-corrected chi connectivity index (χ4v) is 6.98. The Labute approximate surface area is 256 Å². The summed E-state index contributed by atoms with van der Waals surface area (Å²) in [6, 6.07) is 12.6. The molecule has 0 radical (unpaired) electrons. The highest BCUT2D eigenvalue weighted by Gasteiger charge is 2.38. The number of fused-ring (bicyclic) bond motifs is 2. The average molecular weight is 595 g/mol. The van der Waals surface area contributed by atoms with E-state index < -0.39 is 6.10 Å². The fraction of sp³-hybridized carbons (Fsp3) is 0.571. The first-order valence-electron chi connectivity index (χ1n) is 15.8. The topological polar surface area (TPSA) is 62.2 Å². The molecular formula is C35H47ClN2O4. The molecule has 5 rings (SSSR count). The molecule has 1 N–H and O–H groups in total. The lowest BCUT2D eigenvalue weighted by Gasteiger charge is -2.42. The number of ether oxygens (including phenoxy) is 2. The van der Waals surface area contributed by atoms with Crippen LogP contribution in [0, 0.1) is 11.8 Å². The largest absolute Gasteiger partial charge is 0.491 e. The number of aliphatic hydroxyl groups is 1. The van der Waals surface area contributed by atoms with E-state index in [2.05, 4.69) is 36.1 Å². The number of allylic oxidation sites excluding steroid dienone is 1. The second-order valence-electron chi connectivity index (χ2n) is 12.4. The lowest BCUT2D eigenvalue weighted by molar-refractivity contribution is -0.132. The molecule has 1 aliphatic carbocycles. The molecule has 6 nitrogen and oxygen atoms in total. The Hall–Kier alpha value is -2.54. The molecule has 5 unspecified atom stereocenters. The van der Waals surface area contributed by atoms with Crippen molar-refractivity contribution in [3.63, 3.8) is 0 Å². The van der Waals surface area contributed by atoms with Crippen molar-refractivity contribution in [2.75, 3.05) is 45.3 Å². The molecule has 2 aromatic carbocycles. The van der Waals surface area contributed by atoms with Crippen LogP contribution in [0.4, 0.5) is 5.69 Å². The molecule has 2 aliphatic heterocycles. The van der Waals surface area contributed by atoms with Crippen LogP contribution in [0.15, 0.2) is 48.6 Å². The minimum Gasteiger partial charge on any atom is -0.491 e. The molecular weight excluding hydrogens is 548 g/mol. The van der Waals surface area contributed by atoms with E-state index in [-0.39, 0.29) is 23.8 Å². The van der Waals surface area contributed by atoms with Gasteiger partial charge in [-0.25, -0.2) is 0 Å². The second kappa shape index (κ2) is 14.3. The molecule has 0 aromatic heterocycles. The molecule has 1 fully saturated rings. The number of methoxy groups -OCH3 is 1. The third kappa shape index (κ3) is 7.15. The summed E-state index contributed by atoms with van der Waals surface area (Å²) in [4.78, 5) is 17.4. The number of nitrogens with zero attached hydrogens (tertiary/aromatic N) is 2. The summed E-state index contributed by atoms with van der Waals surface area (Å²) in [5, 5.41) is 11.9. The van der Waals surface area contributed by atoms with Crippen LogP contribution in [0.5, 0.6) is 5.75 Å². The van der Waals surface area contributed by atoms with Crippen LogP contribution in [-0.2, 0) is 16.0 Å². The van der Waals surface area contributed by atoms with Crippen LogP contribution in [0.25, 0.3) is 0 Å². The lowest BCUT2D eigenvalue weighted by Crippen LogP contribution is -2.44. The average Bonchev–Trinajstić information content (AvgIpc) is 3.15. The van der Waals surface area contributed by atoms with Gasteiger partial charge in [-0.3, -0.25) is 4.79 Å². The molecule has 0 spiro atoms. The smallest absolute Gasteiger partial charge is 0.225 e. The van der Waals surface area contributed by atoms with E-state index in [1.807, 2.05) is 31.3 Å². The predicted octanol–water partition coefficient (Wildman–Crippen LogP) is 6.94. The van der Waals surface area contributed by atoms with Gasteiger partial charge in [0.05, 0.1) is 30.9 Å². The number of anilines is 1. The number of rotatable bonds is 5. The number of aryl methyl sites for hydroxylation is 1. The molecule has 42 heavy (non-hydrogen) atoms. The van der Waals surface area contributed by atoms with E-state index >= 15 is 0 Å². The molecule has 228 valence electrons. The summed E-state index contributed by atoms with van der Waals surface area (Å²) in [5.41, 5.74) is 4.64. The number of carbonyl (C=O) groups is 1. The molecule has 1 saturated carbocycles. The third-order valence-electron chi connectivity index (χ3n) is 9.56. The van der Waals surface area contributed by atoms with Crippen LogP contribution in [0.1, 0.15) is 80.6 Å². The molecule has 7 heteroatoms. The zero-order valence-electron chi connectivity index (χ0n) is 25.4. The zero-order valence-corrected chi connectivity index (χ0v) is 26.2. The number of hydrogen-bond acceptors (Lipinski definition) is 5. The van der Waals surface area contributed by atoms with Crippen LogP contribution in [0.2, 0.25) is 5.02 Å². The number of aliphatic hydroxyl groups excluding tert-OH is 1. The van der Waals surface area contributed by atoms with Gasteiger partial charge in [-0.05, 0) is 91.3 Å². The van der Waals surface area contributed by atoms with Crippen molar-refractivity contribution < 1.29 is 19.4 Å². The van der Waals surface area contributed by atoms with Gasteiger partial charge in [-0.1, -0.05) is 49.2 Å². The van der Waals surface area contributed by atoms with Gasteiger partial charge in [0.15, 0.2) is 0 Å². The van der Waals surface area contributed by atoms with Crippen LogP contribution >= 0.6 is 11.6 Å². The van der Waals surface area contributed by atoms with E-state index in [0.717, 1.165) is 80.1 Å². The Bertz CT molecular complexity index is 1250. The molecule has 5 atom stereocenters. The van der Waals surface area contributed by atoms with Gasteiger partial charge in [0, 0.05) is 44.7 Å². The first-order chi connectivity index (χ1) is 20.4. The minimum atomic E-state index is -0.446. The van der Waals surface area contributed by atoms with E-state index in [1.54, 1.807) is 12.0 Å². The van der Waals surface area contributed by atoms with Crippen molar-refractivity contribution in [2.24, 2.45) is 11.8 Å². The van der Waals surface area contributed by atoms with E-state index in [9.17, 15) is 9.90 Å². The molecule has 2 bridgehead atoms. The SMILES string of the molecule is CCCCc1cc(Cl)ccc1C1COc2ccc3cc2N(C1)CC1CCC1C(O)/C=C/CCCN(C)C(=O)CC3OC. The number of benzene rings is 2. The lowest BCUT2D eigenvalue weighted by atomic mass is 9.70. The highest BCUT2D eigenvalue weighted by atomic mass is 35.5. The predicted molar refractivity (Wildman–Crippen MR) is 170 cm³/mol. The van der Waals surface area contributed by atoms with Crippen LogP contribution in [-0.4, -0.2) is 62.4 Å². The summed E-state index contributed by atoms with van der Waals surface area (Å²) >= 11 is 6.46. The van der Waals surface area contributed by atoms with Crippen LogP contribution < -0.4 is 9.64 Å². The molecule has 0 saturated heterocycles. The van der Waals surface area contributed by atoms with Gasteiger partial charge in [0.25, 0.3) is 0 Å². The third-order valence-corrected chi connectivity index (χ3v) is 9.79. The van der Waals surface area contributed by atoms with Crippen molar-refractivity contribution in [2.45, 2.75) is 76.4 Å². The van der Waals surface area contributed by atoms with Gasteiger partial charge in [0.2, 0.25) is 5.91 Å². The van der Waals surface area contributed by atoms with Crippen molar-refractivity contribution in [1.29, 1.82) is 0 Å². The highest BCUT2D eigenvalue weighted by molar-refractivity contribution is 6.30. The van der Waals surface area contributed by atoms with E-state index in [0.29, 0.717) is 25.5 Å². The van der Waals surface area contributed by atoms with Crippen molar-refractivity contribution in [1.82, 2.24) is 4.90 Å². The Balaban J connectivity index is 1.51. The molecule has 3 aliphatic rings. The Morgan fingerprint density at radius 2 is 2.00 bits per heavy atom. The number of amides is 1. The first kappa shape index (κ1) is 30.9. The standard InChI is InChI=1S/C35H47ClN2O4/c1-4-5-9-24-18-28(36)13-15-29(24)27-22-38-21-26-11-14-30(26)32(39)10-7-6-8-17-37(2)35(40)20-34(41-3)25-12-16-33(42-23-27)31(38)19-25/h7,10,12-13,15-16,18-19,26-27,30,32,34,39H,4-6,8-9,11,14,17,20-23H2,1-3H3/b10-7+. The van der Waals surface area contributed by atoms with Gasteiger partial charge < -0.3 is 24.4 Å². The highest BCUT2D eigenvalue weighted by Crippen LogP contribution is 2.43. The number of halogens is 1. The monoisotopic (exact) mass is 594 g/mol. The van der Waals surface area contributed by atoms with Crippen LogP contribution in [0.3, 0.4) is 0 Å². The van der Waals surface area contributed by atoms with Crippen molar-refractivity contribution in [3.8, 4) is 5.75 Å². The maximum Gasteiger partial charge on any atom is 0.225 e. The van der Waals surface area contributed by atoms with Crippen molar-refractivity contribution in [3.05, 3.63) is 70.3 Å². The summed E-state index contributed by atoms with van der Waals surface area (Å²) in [7, 11) is 3.54. The minimum absolute atomic E-state index is 0.0682. The van der Waals surface area contributed by atoms with Gasteiger partial charge in [-0.15, -0.1) is 0 Å². The fourth-order valence-electron chi connectivity index (χ4n) is 6.78. The number of hydrogen-bond donors (Lipinski definition) is 1. The molecule has 1 amide bonds. The Morgan fingerprint density at radius 1 is 1.14 bits per heavy atom.